The number of carbonyl (C=O) groups excluding carboxylic acids is 2. The van der Waals surface area contributed by atoms with E-state index in [4.69, 9.17) is 33.0 Å². The quantitative estimate of drug-likeness (QED) is 0.513. The van der Waals surface area contributed by atoms with Crippen LogP contribution >= 0.6 is 23.8 Å². The Morgan fingerprint density at radius 1 is 1.06 bits per heavy atom. The molecule has 2 amide bonds. The average molecular weight is 499 g/mol. The van der Waals surface area contributed by atoms with Crippen molar-refractivity contribution in [1.82, 2.24) is 10.2 Å². The number of hydrogen-bond acceptors (Lipinski definition) is 6. The molecule has 0 atom stereocenters. The maximum Gasteiger partial charge on any atom is 0.289 e. The number of nitrogens with one attached hydrogen (secondary N) is 2. The number of piperazine rings is 1. The van der Waals surface area contributed by atoms with Crippen LogP contribution in [-0.4, -0.2) is 55.1 Å². The van der Waals surface area contributed by atoms with E-state index >= 15 is 0 Å². The minimum atomic E-state index is -0.421. The fourth-order valence-electron chi connectivity index (χ4n) is 3.67. The highest BCUT2D eigenvalue weighted by Gasteiger charge is 2.23. The molecule has 10 heteroatoms. The van der Waals surface area contributed by atoms with Crippen LogP contribution in [0.1, 0.15) is 20.9 Å². The van der Waals surface area contributed by atoms with Crippen LogP contribution in [0.25, 0.3) is 0 Å². The largest absolute Gasteiger partial charge is 0.496 e. The highest BCUT2D eigenvalue weighted by Crippen LogP contribution is 2.23. The Labute approximate surface area is 207 Å². The topological polar surface area (TPSA) is 87.0 Å². The molecule has 1 aliphatic heterocycles. The van der Waals surface area contributed by atoms with Gasteiger partial charge in [0.1, 0.15) is 5.75 Å². The molecule has 0 spiro atoms. The van der Waals surface area contributed by atoms with E-state index in [9.17, 15) is 9.59 Å². The van der Waals surface area contributed by atoms with Gasteiger partial charge in [0.25, 0.3) is 11.8 Å². The summed E-state index contributed by atoms with van der Waals surface area (Å²) in [6.07, 6.45) is 1.50. The first-order chi connectivity index (χ1) is 16.4. The Morgan fingerprint density at radius 2 is 1.79 bits per heavy atom. The SMILES string of the molecule is COc1ccc(Cl)cc1C(=O)NC(=S)Nc1ccc(N2CCN(C(=O)c3ccco3)CC2)cc1. The number of ether oxygens (including phenoxy) is 1. The lowest BCUT2D eigenvalue weighted by Crippen LogP contribution is -2.48. The molecule has 1 aliphatic rings. The molecule has 0 unspecified atom stereocenters. The predicted octanol–water partition coefficient (Wildman–Crippen LogP) is 4.03. The Hall–Kier alpha value is -3.56. The van der Waals surface area contributed by atoms with Gasteiger partial charge in [-0.05, 0) is 66.8 Å². The van der Waals surface area contributed by atoms with Crippen molar-refractivity contribution in [1.29, 1.82) is 0 Å². The summed E-state index contributed by atoms with van der Waals surface area (Å²) in [5.41, 5.74) is 2.06. The van der Waals surface area contributed by atoms with Crippen LogP contribution in [0.15, 0.2) is 65.3 Å². The lowest BCUT2D eigenvalue weighted by Gasteiger charge is -2.35. The lowest BCUT2D eigenvalue weighted by molar-refractivity contribution is 0.0714. The highest BCUT2D eigenvalue weighted by atomic mass is 35.5. The first-order valence-electron chi connectivity index (χ1n) is 10.6. The van der Waals surface area contributed by atoms with Crippen molar-refractivity contribution in [3.8, 4) is 5.75 Å². The van der Waals surface area contributed by atoms with Crippen LogP contribution in [0.2, 0.25) is 5.02 Å². The van der Waals surface area contributed by atoms with E-state index in [0.717, 1.165) is 24.5 Å². The van der Waals surface area contributed by atoms with Gasteiger partial charge in [-0.3, -0.25) is 14.9 Å². The van der Waals surface area contributed by atoms with Crippen molar-refractivity contribution in [3.63, 3.8) is 0 Å². The van der Waals surface area contributed by atoms with E-state index in [-0.39, 0.29) is 11.0 Å². The summed E-state index contributed by atoms with van der Waals surface area (Å²) >= 11 is 11.3. The Balaban J connectivity index is 1.30. The van der Waals surface area contributed by atoms with Crippen molar-refractivity contribution in [2.24, 2.45) is 0 Å². The first kappa shape index (κ1) is 23.6. The molecule has 0 radical (unpaired) electrons. The third-order valence-corrected chi connectivity index (χ3v) is 5.86. The van der Waals surface area contributed by atoms with Crippen molar-refractivity contribution >= 4 is 52.1 Å². The number of nitrogens with zero attached hydrogens (tertiary/aromatic N) is 2. The molecule has 1 aromatic heterocycles. The second-order valence-electron chi connectivity index (χ2n) is 7.56. The number of thiocarbonyl (C=S) groups is 1. The van der Waals surface area contributed by atoms with Crippen molar-refractivity contribution in [2.45, 2.75) is 0 Å². The van der Waals surface area contributed by atoms with Crippen LogP contribution < -0.4 is 20.3 Å². The predicted molar refractivity (Wildman–Crippen MR) is 135 cm³/mol. The standard InChI is InChI=1S/C24H23ClN4O4S/c1-32-20-9-4-16(25)15-19(20)22(30)27-24(34)26-17-5-7-18(8-6-17)28-10-12-29(13-11-28)23(31)21-3-2-14-33-21/h2-9,14-15H,10-13H2,1H3,(H2,26,27,30,34). The number of benzene rings is 2. The molecular weight excluding hydrogens is 476 g/mol. The summed E-state index contributed by atoms with van der Waals surface area (Å²) in [6, 6.07) is 15.9. The molecule has 1 fully saturated rings. The second kappa shape index (κ2) is 10.6. The van der Waals surface area contributed by atoms with E-state index in [1.165, 1.54) is 19.4 Å². The van der Waals surface area contributed by atoms with Crippen LogP contribution in [0.5, 0.6) is 5.75 Å². The molecule has 176 valence electrons. The van der Waals surface area contributed by atoms with Crippen molar-refractivity contribution < 1.29 is 18.7 Å². The van der Waals surface area contributed by atoms with Gasteiger partial charge in [0, 0.05) is 42.6 Å². The average Bonchev–Trinajstić information content (AvgIpc) is 3.39. The number of hydrogen-bond donors (Lipinski definition) is 2. The summed E-state index contributed by atoms with van der Waals surface area (Å²) in [5, 5.41) is 6.23. The minimum absolute atomic E-state index is 0.0878. The molecule has 1 saturated heterocycles. The Morgan fingerprint density at radius 3 is 2.44 bits per heavy atom. The molecule has 2 heterocycles. The van der Waals surface area contributed by atoms with Gasteiger partial charge in [0.15, 0.2) is 10.9 Å². The van der Waals surface area contributed by atoms with E-state index in [0.29, 0.717) is 35.2 Å². The summed E-state index contributed by atoms with van der Waals surface area (Å²) in [5.74, 6) is 0.256. The number of amides is 2. The molecule has 4 rings (SSSR count). The van der Waals surface area contributed by atoms with Crippen LogP contribution in [0.3, 0.4) is 0 Å². The maximum atomic E-state index is 12.6. The van der Waals surface area contributed by atoms with Gasteiger partial charge in [-0.2, -0.15) is 0 Å². The smallest absolute Gasteiger partial charge is 0.289 e. The first-order valence-corrected chi connectivity index (χ1v) is 11.4. The van der Waals surface area contributed by atoms with Gasteiger partial charge in [0.2, 0.25) is 0 Å². The van der Waals surface area contributed by atoms with Gasteiger partial charge < -0.3 is 24.3 Å². The van der Waals surface area contributed by atoms with Gasteiger partial charge in [-0.25, -0.2) is 0 Å². The number of furan rings is 1. The van der Waals surface area contributed by atoms with Gasteiger partial charge in [-0.1, -0.05) is 11.6 Å². The Bertz CT molecular complexity index is 1180. The third kappa shape index (κ3) is 5.49. The number of carbonyl (C=O) groups is 2. The second-order valence-corrected chi connectivity index (χ2v) is 8.40. The van der Waals surface area contributed by atoms with Crippen molar-refractivity contribution in [2.75, 3.05) is 43.5 Å². The summed E-state index contributed by atoms with van der Waals surface area (Å²) < 4.78 is 10.4. The van der Waals surface area contributed by atoms with Crippen LogP contribution in [-0.2, 0) is 0 Å². The van der Waals surface area contributed by atoms with Gasteiger partial charge >= 0.3 is 0 Å². The third-order valence-electron chi connectivity index (χ3n) is 5.42. The zero-order valence-corrected chi connectivity index (χ0v) is 20.0. The van der Waals surface area contributed by atoms with E-state index in [2.05, 4.69) is 15.5 Å². The molecule has 34 heavy (non-hydrogen) atoms. The number of halogens is 1. The summed E-state index contributed by atoms with van der Waals surface area (Å²) in [7, 11) is 1.48. The fraction of sp³-hybridized carbons (Fsp3) is 0.208. The molecule has 3 aromatic rings. The molecular formula is C24H23ClN4O4S. The van der Waals surface area contributed by atoms with Gasteiger partial charge in [0.05, 0.1) is 18.9 Å². The normalized spacial score (nSPS) is 13.4. The number of methoxy groups -OCH3 is 1. The van der Waals surface area contributed by atoms with E-state index < -0.39 is 5.91 Å². The Kier molecular flexibility index (Phi) is 7.34. The van der Waals surface area contributed by atoms with Crippen LogP contribution in [0.4, 0.5) is 11.4 Å². The monoisotopic (exact) mass is 498 g/mol. The minimum Gasteiger partial charge on any atom is -0.496 e. The number of anilines is 2. The fourth-order valence-corrected chi connectivity index (χ4v) is 4.05. The summed E-state index contributed by atoms with van der Waals surface area (Å²) in [6.45, 7) is 2.66. The van der Waals surface area contributed by atoms with E-state index in [1.54, 1.807) is 29.2 Å². The molecule has 0 aliphatic carbocycles. The zero-order valence-electron chi connectivity index (χ0n) is 18.4. The molecule has 2 aromatic carbocycles. The van der Waals surface area contributed by atoms with E-state index in [1.807, 2.05) is 24.3 Å². The highest BCUT2D eigenvalue weighted by molar-refractivity contribution is 7.80. The number of rotatable bonds is 5. The van der Waals surface area contributed by atoms with Crippen LogP contribution in [0, 0.1) is 0 Å². The lowest BCUT2D eigenvalue weighted by atomic mass is 10.2. The zero-order chi connectivity index (χ0) is 24.1. The summed E-state index contributed by atoms with van der Waals surface area (Å²) in [4.78, 5) is 29.0. The molecule has 8 nitrogen and oxygen atoms in total. The molecule has 0 bridgehead atoms. The maximum absolute atomic E-state index is 12.6. The molecule has 2 N–H and O–H groups in total. The van der Waals surface area contributed by atoms with Crippen molar-refractivity contribution in [3.05, 3.63) is 77.2 Å². The molecule has 0 saturated carbocycles. The van der Waals surface area contributed by atoms with Gasteiger partial charge in [-0.15, -0.1) is 0 Å².